The minimum atomic E-state index is -0.938. The van der Waals surface area contributed by atoms with E-state index in [4.69, 9.17) is 12.2 Å². The average Bonchev–Trinajstić information content (AvgIpc) is 3.24. The second-order valence-corrected chi connectivity index (χ2v) is 8.19. The Kier molecular flexibility index (Phi) is 5.78. The molecule has 1 fully saturated rings. The lowest BCUT2D eigenvalue weighted by atomic mass is 9.96. The molecule has 2 atom stereocenters. The molecule has 0 bridgehead atoms. The number of nitrogens with zero attached hydrogens (tertiary/aromatic N) is 3. The number of benzene rings is 1. The molecule has 0 amide bonds. The number of carboxylic acid groups (broad SMARTS) is 1. The Morgan fingerprint density at radius 1 is 1.19 bits per heavy atom. The van der Waals surface area contributed by atoms with Crippen molar-refractivity contribution in [2.45, 2.75) is 39.3 Å². The molecule has 1 aliphatic heterocycles. The van der Waals surface area contributed by atoms with E-state index in [1.54, 1.807) is 18.3 Å². The van der Waals surface area contributed by atoms with Crippen LogP contribution in [0, 0.1) is 13.8 Å². The number of thiocarbonyl (C=S) groups is 1. The van der Waals surface area contributed by atoms with Gasteiger partial charge in [0.05, 0.1) is 29.0 Å². The zero-order chi connectivity index (χ0) is 22.1. The highest BCUT2D eigenvalue weighted by molar-refractivity contribution is 7.80. The molecule has 0 unspecified atom stereocenters. The molecule has 2 N–H and O–H groups in total. The molecule has 1 aliphatic rings. The molecule has 160 valence electrons. The zero-order valence-corrected chi connectivity index (χ0v) is 18.7. The lowest BCUT2D eigenvalue weighted by molar-refractivity contribution is 0.0697. The minimum Gasteiger partial charge on any atom is -0.478 e. The van der Waals surface area contributed by atoms with Crippen LogP contribution in [0.25, 0.3) is 5.69 Å². The van der Waals surface area contributed by atoms with Crippen molar-refractivity contribution in [1.29, 1.82) is 0 Å². The first-order chi connectivity index (χ1) is 14.9. The highest BCUT2D eigenvalue weighted by Crippen LogP contribution is 2.41. The van der Waals surface area contributed by atoms with Crippen molar-refractivity contribution in [3.63, 3.8) is 0 Å². The lowest BCUT2D eigenvalue weighted by Crippen LogP contribution is -2.30. The molecule has 6 nitrogen and oxygen atoms in total. The lowest BCUT2D eigenvalue weighted by Gasteiger charge is -2.28. The first-order valence-electron chi connectivity index (χ1n) is 10.4. The summed E-state index contributed by atoms with van der Waals surface area (Å²) in [5, 5.41) is 13.9. The van der Waals surface area contributed by atoms with E-state index in [0.717, 1.165) is 40.7 Å². The van der Waals surface area contributed by atoms with Crippen LogP contribution in [0.3, 0.4) is 0 Å². The van der Waals surface area contributed by atoms with Crippen molar-refractivity contribution in [1.82, 2.24) is 19.8 Å². The zero-order valence-electron chi connectivity index (χ0n) is 17.9. The predicted molar refractivity (Wildman–Crippen MR) is 125 cm³/mol. The van der Waals surface area contributed by atoms with Gasteiger partial charge in [0.1, 0.15) is 0 Å². The number of pyridine rings is 1. The molecule has 3 aromatic rings. The van der Waals surface area contributed by atoms with Crippen LogP contribution >= 0.6 is 12.2 Å². The van der Waals surface area contributed by atoms with E-state index in [2.05, 4.69) is 28.2 Å². The molecule has 7 heteroatoms. The monoisotopic (exact) mass is 434 g/mol. The van der Waals surface area contributed by atoms with Crippen molar-refractivity contribution >= 4 is 23.3 Å². The third-order valence-corrected chi connectivity index (χ3v) is 6.18. The van der Waals surface area contributed by atoms with Crippen molar-refractivity contribution in [3.05, 3.63) is 82.9 Å². The highest BCUT2D eigenvalue weighted by Gasteiger charge is 2.41. The molecule has 3 heterocycles. The number of hydrogen-bond acceptors (Lipinski definition) is 3. The fourth-order valence-electron chi connectivity index (χ4n) is 4.53. The fourth-order valence-corrected chi connectivity index (χ4v) is 4.86. The van der Waals surface area contributed by atoms with Gasteiger partial charge in [0.15, 0.2) is 5.11 Å². The van der Waals surface area contributed by atoms with Crippen molar-refractivity contribution in [2.75, 3.05) is 6.54 Å². The molecule has 0 saturated carbocycles. The van der Waals surface area contributed by atoms with E-state index in [-0.39, 0.29) is 17.6 Å². The summed E-state index contributed by atoms with van der Waals surface area (Å²) in [4.78, 5) is 18.7. The molecule has 31 heavy (non-hydrogen) atoms. The smallest absolute Gasteiger partial charge is 0.337 e. The summed E-state index contributed by atoms with van der Waals surface area (Å²) in [6.07, 6.45) is 2.76. The van der Waals surface area contributed by atoms with Gasteiger partial charge in [-0.05, 0) is 68.4 Å². The standard InChI is InChI=1S/C24H26N4O2S/c1-4-13-27-22(21(26-24(27)31)19-10-7-8-12-25-19)18-14-15(2)28(16(18)3)20-11-6-5-9-17(20)23(29)30/h5-12,14,21-22H,4,13H2,1-3H3,(H,26,31)(H,29,30)/t21-,22-/m1/s1. The van der Waals surface area contributed by atoms with Gasteiger partial charge in [-0.15, -0.1) is 0 Å². The molecule has 0 radical (unpaired) electrons. The summed E-state index contributed by atoms with van der Waals surface area (Å²) in [6, 6.07) is 15.1. The quantitative estimate of drug-likeness (QED) is 0.554. The Balaban J connectivity index is 1.87. The maximum Gasteiger partial charge on any atom is 0.337 e. The van der Waals surface area contributed by atoms with Crippen LogP contribution in [-0.2, 0) is 0 Å². The fraction of sp³-hybridized carbons (Fsp3) is 0.292. The number of rotatable bonds is 6. The van der Waals surface area contributed by atoms with E-state index in [1.165, 1.54) is 0 Å². The number of aryl methyl sites for hydroxylation is 1. The van der Waals surface area contributed by atoms with Crippen LogP contribution in [0.1, 0.15) is 58.4 Å². The Morgan fingerprint density at radius 3 is 2.61 bits per heavy atom. The van der Waals surface area contributed by atoms with E-state index in [0.29, 0.717) is 5.69 Å². The highest BCUT2D eigenvalue weighted by atomic mass is 32.1. The maximum absolute atomic E-state index is 11.8. The second kappa shape index (κ2) is 8.51. The van der Waals surface area contributed by atoms with Gasteiger partial charge in [-0.1, -0.05) is 25.1 Å². The van der Waals surface area contributed by atoms with Gasteiger partial charge in [0, 0.05) is 24.1 Å². The Morgan fingerprint density at radius 2 is 1.94 bits per heavy atom. The van der Waals surface area contributed by atoms with Crippen molar-refractivity contribution < 1.29 is 9.90 Å². The van der Waals surface area contributed by atoms with Gasteiger partial charge >= 0.3 is 5.97 Å². The Bertz CT molecular complexity index is 1130. The van der Waals surface area contributed by atoms with Crippen LogP contribution in [0.2, 0.25) is 0 Å². The number of carbonyl (C=O) groups is 1. The molecule has 1 saturated heterocycles. The molecule has 1 aromatic carbocycles. The van der Waals surface area contributed by atoms with Crippen molar-refractivity contribution in [2.24, 2.45) is 0 Å². The normalized spacial score (nSPS) is 18.3. The molecule has 0 spiro atoms. The van der Waals surface area contributed by atoms with Crippen LogP contribution in [-0.4, -0.2) is 37.2 Å². The largest absolute Gasteiger partial charge is 0.478 e. The van der Waals surface area contributed by atoms with Crippen LogP contribution in [0.4, 0.5) is 0 Å². The van der Waals surface area contributed by atoms with Crippen LogP contribution in [0.15, 0.2) is 54.7 Å². The van der Waals surface area contributed by atoms with E-state index in [9.17, 15) is 9.90 Å². The third kappa shape index (κ3) is 3.70. The molecule has 0 aliphatic carbocycles. The number of carboxylic acids is 1. The van der Waals surface area contributed by atoms with E-state index < -0.39 is 5.97 Å². The number of nitrogens with one attached hydrogen (secondary N) is 1. The SMILES string of the molecule is CCCN1C(=S)N[C@H](c2ccccn2)[C@H]1c1cc(C)n(-c2ccccc2C(=O)O)c1C. The van der Waals surface area contributed by atoms with Gasteiger partial charge in [0.2, 0.25) is 0 Å². The number of hydrogen-bond donors (Lipinski definition) is 2. The number of aromatic carboxylic acids is 1. The summed E-state index contributed by atoms with van der Waals surface area (Å²) in [7, 11) is 0. The molecule has 2 aromatic heterocycles. The van der Waals surface area contributed by atoms with Gasteiger partial charge in [-0.2, -0.15) is 0 Å². The summed E-state index contributed by atoms with van der Waals surface area (Å²) >= 11 is 5.69. The second-order valence-electron chi connectivity index (χ2n) is 7.80. The van der Waals surface area contributed by atoms with Crippen molar-refractivity contribution in [3.8, 4) is 5.69 Å². The Labute approximate surface area is 187 Å². The third-order valence-electron chi connectivity index (χ3n) is 5.83. The topological polar surface area (TPSA) is 70.4 Å². The average molecular weight is 435 g/mol. The van der Waals surface area contributed by atoms with Gasteiger partial charge in [-0.3, -0.25) is 4.98 Å². The molecular weight excluding hydrogens is 408 g/mol. The number of aromatic nitrogens is 2. The van der Waals surface area contributed by atoms with Gasteiger partial charge in [-0.25, -0.2) is 4.79 Å². The number of para-hydroxylation sites is 1. The van der Waals surface area contributed by atoms with E-state index >= 15 is 0 Å². The molecular formula is C24H26N4O2S. The summed E-state index contributed by atoms with van der Waals surface area (Å²) in [6.45, 7) is 7.02. The summed E-state index contributed by atoms with van der Waals surface area (Å²) < 4.78 is 2.03. The maximum atomic E-state index is 11.8. The van der Waals surface area contributed by atoms with Gasteiger partial charge in [0.25, 0.3) is 0 Å². The Hall–Kier alpha value is -3.19. The first kappa shape index (κ1) is 21.1. The molecule has 4 rings (SSSR count). The van der Waals surface area contributed by atoms with Gasteiger partial charge < -0.3 is 19.9 Å². The van der Waals surface area contributed by atoms with E-state index in [1.807, 2.05) is 48.7 Å². The first-order valence-corrected chi connectivity index (χ1v) is 10.8. The summed E-state index contributed by atoms with van der Waals surface area (Å²) in [5.41, 5.74) is 4.99. The predicted octanol–water partition coefficient (Wildman–Crippen LogP) is 4.57. The van der Waals surface area contributed by atoms with Crippen LogP contribution in [0.5, 0.6) is 0 Å². The minimum absolute atomic E-state index is 0.0284. The summed E-state index contributed by atoms with van der Waals surface area (Å²) in [5.74, 6) is -0.938. The van der Waals surface area contributed by atoms with Crippen LogP contribution < -0.4 is 5.32 Å².